The van der Waals surface area contributed by atoms with Crippen molar-refractivity contribution in [3.05, 3.63) is 12.2 Å². The third-order valence-electron chi connectivity index (χ3n) is 4.95. The summed E-state index contributed by atoms with van der Waals surface area (Å²) in [4.78, 5) is 12.1. The van der Waals surface area contributed by atoms with E-state index in [2.05, 4.69) is 12.2 Å². The van der Waals surface area contributed by atoms with E-state index in [0.717, 1.165) is 32.3 Å². The lowest BCUT2D eigenvalue weighted by atomic mass is 9.82. The second-order valence-electron chi connectivity index (χ2n) is 6.20. The summed E-state index contributed by atoms with van der Waals surface area (Å²) in [5.74, 6) is 1.28. The molecule has 4 nitrogen and oxygen atoms in total. The fraction of sp³-hybridized carbons (Fsp3) is 0.812. The lowest BCUT2D eigenvalue weighted by Crippen LogP contribution is -2.34. The Kier molecular flexibility index (Phi) is 4.41. The van der Waals surface area contributed by atoms with Gasteiger partial charge >= 0.3 is 5.97 Å². The molecule has 1 heterocycles. The summed E-state index contributed by atoms with van der Waals surface area (Å²) in [6.45, 7) is 1.20. The average Bonchev–Trinajstić information content (AvgIpc) is 3.11. The number of hydrogen-bond acceptors (Lipinski definition) is 4. The molecule has 112 valence electrons. The minimum Gasteiger partial charge on any atom is -0.469 e. The normalized spacial score (nSPS) is 37.0. The number of fused-ring (bicyclic) bond motifs is 2. The van der Waals surface area contributed by atoms with E-state index in [1.807, 2.05) is 0 Å². The summed E-state index contributed by atoms with van der Waals surface area (Å²) in [5.41, 5.74) is 0. The van der Waals surface area contributed by atoms with E-state index in [1.165, 1.54) is 13.5 Å². The number of carbonyl (C=O) groups is 1. The second kappa shape index (κ2) is 6.27. The molecule has 0 radical (unpaired) electrons. The van der Waals surface area contributed by atoms with Crippen LogP contribution in [0.1, 0.15) is 32.1 Å². The molecule has 5 atom stereocenters. The van der Waals surface area contributed by atoms with Gasteiger partial charge in [-0.1, -0.05) is 12.2 Å². The molecule has 0 aromatic rings. The van der Waals surface area contributed by atoms with E-state index in [9.17, 15) is 4.79 Å². The Hall–Kier alpha value is -0.870. The molecule has 3 aliphatic rings. The Morgan fingerprint density at radius 3 is 2.85 bits per heavy atom. The van der Waals surface area contributed by atoms with E-state index in [-0.39, 0.29) is 18.2 Å². The fourth-order valence-electron chi connectivity index (χ4n) is 3.86. The van der Waals surface area contributed by atoms with Gasteiger partial charge in [0.05, 0.1) is 19.6 Å². The number of rotatable bonds is 5. The van der Waals surface area contributed by atoms with Crippen LogP contribution in [0.25, 0.3) is 0 Å². The highest BCUT2D eigenvalue weighted by atomic mass is 16.7. The maximum Gasteiger partial charge on any atom is 0.311 e. The number of ether oxygens (including phenoxy) is 3. The Balaban J connectivity index is 1.58. The smallest absolute Gasteiger partial charge is 0.311 e. The van der Waals surface area contributed by atoms with Gasteiger partial charge in [-0.05, 0) is 49.9 Å². The van der Waals surface area contributed by atoms with Gasteiger partial charge in [-0.15, -0.1) is 0 Å². The van der Waals surface area contributed by atoms with Crippen molar-refractivity contribution in [1.29, 1.82) is 0 Å². The minimum atomic E-state index is -0.148. The molecule has 0 aromatic heterocycles. The van der Waals surface area contributed by atoms with Gasteiger partial charge in [0.1, 0.15) is 0 Å². The van der Waals surface area contributed by atoms with Gasteiger partial charge in [0.2, 0.25) is 0 Å². The number of carbonyl (C=O) groups excluding carboxylic acids is 1. The van der Waals surface area contributed by atoms with Crippen molar-refractivity contribution in [2.24, 2.45) is 23.7 Å². The Morgan fingerprint density at radius 2 is 2.25 bits per heavy atom. The Morgan fingerprint density at radius 1 is 1.35 bits per heavy atom. The molecule has 0 spiro atoms. The first-order chi connectivity index (χ1) is 9.78. The van der Waals surface area contributed by atoms with Crippen LogP contribution in [-0.2, 0) is 19.0 Å². The number of hydrogen-bond donors (Lipinski definition) is 0. The molecule has 2 fully saturated rings. The maximum atomic E-state index is 12.1. The number of allylic oxidation sites excluding steroid dienone is 2. The van der Waals surface area contributed by atoms with Crippen molar-refractivity contribution in [2.45, 2.75) is 38.4 Å². The van der Waals surface area contributed by atoms with Crippen molar-refractivity contribution < 1.29 is 19.0 Å². The van der Waals surface area contributed by atoms with E-state index in [0.29, 0.717) is 24.4 Å². The molecule has 0 N–H and O–H groups in total. The van der Waals surface area contributed by atoms with Crippen LogP contribution in [0.5, 0.6) is 0 Å². The summed E-state index contributed by atoms with van der Waals surface area (Å²) >= 11 is 0. The van der Waals surface area contributed by atoms with Crippen molar-refractivity contribution in [1.82, 2.24) is 0 Å². The molecule has 4 heteroatoms. The summed E-state index contributed by atoms with van der Waals surface area (Å²) in [6, 6.07) is 0. The van der Waals surface area contributed by atoms with Crippen LogP contribution in [0.3, 0.4) is 0 Å². The Bertz CT molecular complexity index is 373. The van der Waals surface area contributed by atoms with Crippen LogP contribution in [0.4, 0.5) is 0 Å². The van der Waals surface area contributed by atoms with Crippen molar-refractivity contribution in [3.63, 3.8) is 0 Å². The van der Waals surface area contributed by atoms with Crippen molar-refractivity contribution in [3.8, 4) is 0 Å². The first kappa shape index (κ1) is 14.1. The summed E-state index contributed by atoms with van der Waals surface area (Å²) in [6.07, 6.45) is 9.90. The Labute approximate surface area is 120 Å². The molecule has 1 saturated carbocycles. The van der Waals surface area contributed by atoms with Crippen molar-refractivity contribution in [2.75, 3.05) is 20.3 Å². The van der Waals surface area contributed by atoms with Gasteiger partial charge in [-0.3, -0.25) is 4.79 Å². The SMILES string of the molecule is COC(=O)C(COC1CCCCO1)C1CC2C=CC1C2. The molecule has 0 amide bonds. The zero-order valence-electron chi connectivity index (χ0n) is 12.1. The van der Waals surface area contributed by atoms with Crippen LogP contribution >= 0.6 is 0 Å². The van der Waals surface area contributed by atoms with Crippen LogP contribution in [0, 0.1) is 23.7 Å². The maximum absolute atomic E-state index is 12.1. The van der Waals surface area contributed by atoms with E-state index in [1.54, 1.807) is 0 Å². The minimum absolute atomic E-state index is 0.133. The van der Waals surface area contributed by atoms with Gasteiger partial charge in [0.25, 0.3) is 0 Å². The van der Waals surface area contributed by atoms with Gasteiger partial charge in [0, 0.05) is 6.61 Å². The molecular weight excluding hydrogens is 256 g/mol. The fourth-order valence-corrected chi connectivity index (χ4v) is 3.86. The highest BCUT2D eigenvalue weighted by molar-refractivity contribution is 5.73. The third-order valence-corrected chi connectivity index (χ3v) is 4.95. The monoisotopic (exact) mass is 280 g/mol. The van der Waals surface area contributed by atoms with E-state index >= 15 is 0 Å². The van der Waals surface area contributed by atoms with E-state index < -0.39 is 0 Å². The molecule has 0 aromatic carbocycles. The van der Waals surface area contributed by atoms with Gasteiger partial charge < -0.3 is 14.2 Å². The first-order valence-electron chi connectivity index (χ1n) is 7.77. The molecule has 20 heavy (non-hydrogen) atoms. The van der Waals surface area contributed by atoms with E-state index in [4.69, 9.17) is 14.2 Å². The lowest BCUT2D eigenvalue weighted by Gasteiger charge is -2.29. The quantitative estimate of drug-likeness (QED) is 0.573. The molecule has 2 aliphatic carbocycles. The first-order valence-corrected chi connectivity index (χ1v) is 7.77. The molecule has 1 aliphatic heterocycles. The largest absolute Gasteiger partial charge is 0.469 e. The van der Waals surface area contributed by atoms with Crippen LogP contribution in [0.2, 0.25) is 0 Å². The van der Waals surface area contributed by atoms with Gasteiger partial charge in [-0.2, -0.15) is 0 Å². The molecule has 2 bridgehead atoms. The highest BCUT2D eigenvalue weighted by Gasteiger charge is 2.43. The lowest BCUT2D eigenvalue weighted by molar-refractivity contribution is -0.180. The summed E-state index contributed by atoms with van der Waals surface area (Å²) in [5, 5.41) is 0. The molecule has 1 saturated heterocycles. The zero-order valence-corrected chi connectivity index (χ0v) is 12.1. The topological polar surface area (TPSA) is 44.8 Å². The molecule has 3 rings (SSSR count). The van der Waals surface area contributed by atoms with Crippen LogP contribution in [-0.4, -0.2) is 32.6 Å². The predicted octanol–water partition coefficient (Wildman–Crippen LogP) is 2.53. The van der Waals surface area contributed by atoms with Crippen LogP contribution in [0.15, 0.2) is 12.2 Å². The van der Waals surface area contributed by atoms with Crippen LogP contribution < -0.4 is 0 Å². The standard InChI is InChI=1S/C16H24O4/c1-18-16(17)14(10-20-15-4-2-3-7-19-15)13-9-11-5-6-12(13)8-11/h5-6,11-15H,2-4,7-10H2,1H3. The molecular formula is C16H24O4. The summed E-state index contributed by atoms with van der Waals surface area (Å²) < 4.78 is 16.4. The van der Waals surface area contributed by atoms with Gasteiger partial charge in [-0.25, -0.2) is 0 Å². The molecule has 5 unspecified atom stereocenters. The number of methoxy groups -OCH3 is 1. The predicted molar refractivity (Wildman–Crippen MR) is 73.9 cm³/mol. The average molecular weight is 280 g/mol. The second-order valence-corrected chi connectivity index (χ2v) is 6.20. The third kappa shape index (κ3) is 2.91. The zero-order chi connectivity index (χ0) is 13.9. The van der Waals surface area contributed by atoms with Crippen molar-refractivity contribution >= 4 is 5.97 Å². The van der Waals surface area contributed by atoms with Gasteiger partial charge in [0.15, 0.2) is 6.29 Å². The number of esters is 1. The summed E-state index contributed by atoms with van der Waals surface area (Å²) in [7, 11) is 1.47. The highest BCUT2D eigenvalue weighted by Crippen LogP contribution is 2.47.